The molecule has 3 aliphatic rings. The fourth-order valence-electron chi connectivity index (χ4n) is 2.74. The van der Waals surface area contributed by atoms with Crippen LogP contribution in [0.15, 0.2) is 0 Å². The molecule has 0 aromatic carbocycles. The van der Waals surface area contributed by atoms with Crippen LogP contribution >= 0.6 is 0 Å². The van der Waals surface area contributed by atoms with Crippen molar-refractivity contribution in [2.24, 2.45) is 11.3 Å². The van der Waals surface area contributed by atoms with E-state index in [1.54, 1.807) is 4.90 Å². The summed E-state index contributed by atoms with van der Waals surface area (Å²) in [6.45, 7) is 3.05. The van der Waals surface area contributed by atoms with Crippen molar-refractivity contribution in [3.63, 3.8) is 0 Å². The fourth-order valence-corrected chi connectivity index (χ4v) is 4.87. The van der Waals surface area contributed by atoms with Gasteiger partial charge in [-0.1, -0.05) is 6.92 Å². The summed E-state index contributed by atoms with van der Waals surface area (Å²) in [4.78, 5) is 13.9. The number of amides is 1. The molecule has 0 aromatic rings. The topological polar surface area (TPSA) is 54.5 Å². The highest BCUT2D eigenvalue weighted by Crippen LogP contribution is 2.47. The Morgan fingerprint density at radius 2 is 1.94 bits per heavy atom. The summed E-state index contributed by atoms with van der Waals surface area (Å²) in [6, 6.07) is 0. The standard InChI is InChI=1S/C13H21NO3S/c1-13(5-6-13)12(15)14-7-4-11(8-14)18(16,17)9-10-2-3-10/h10-11H,2-9H2,1H3/t11-/m1/s1. The third-order valence-electron chi connectivity index (χ3n) is 4.62. The Labute approximate surface area is 109 Å². The van der Waals surface area contributed by atoms with Crippen molar-refractivity contribution in [1.29, 1.82) is 0 Å². The molecule has 0 radical (unpaired) electrons. The first-order valence-corrected chi connectivity index (χ1v) is 8.63. The van der Waals surface area contributed by atoms with Crippen molar-refractivity contribution >= 4 is 15.7 Å². The number of hydrogen-bond acceptors (Lipinski definition) is 3. The van der Waals surface area contributed by atoms with Gasteiger partial charge in [0.25, 0.3) is 0 Å². The molecule has 5 heteroatoms. The highest BCUT2D eigenvalue weighted by atomic mass is 32.2. The van der Waals surface area contributed by atoms with Gasteiger partial charge in [0.1, 0.15) is 0 Å². The second-order valence-electron chi connectivity index (χ2n) is 6.50. The van der Waals surface area contributed by atoms with Crippen LogP contribution in [0.5, 0.6) is 0 Å². The molecule has 1 heterocycles. The highest BCUT2D eigenvalue weighted by Gasteiger charge is 2.49. The van der Waals surface area contributed by atoms with Gasteiger partial charge in [-0.25, -0.2) is 8.42 Å². The predicted octanol–water partition coefficient (Wildman–Crippen LogP) is 1.21. The van der Waals surface area contributed by atoms with Gasteiger partial charge in [-0.3, -0.25) is 4.79 Å². The molecule has 0 aromatic heterocycles. The number of carbonyl (C=O) groups is 1. The molecule has 0 bridgehead atoms. The van der Waals surface area contributed by atoms with Crippen LogP contribution in [0.3, 0.4) is 0 Å². The van der Waals surface area contributed by atoms with Gasteiger partial charge in [0, 0.05) is 18.5 Å². The first kappa shape index (κ1) is 12.5. The molecule has 3 fully saturated rings. The van der Waals surface area contributed by atoms with Crippen molar-refractivity contribution < 1.29 is 13.2 Å². The minimum atomic E-state index is -2.98. The van der Waals surface area contributed by atoms with E-state index in [1.807, 2.05) is 6.92 Å². The molecule has 1 aliphatic heterocycles. The lowest BCUT2D eigenvalue weighted by molar-refractivity contribution is -0.135. The Bertz CT molecular complexity index is 463. The maximum Gasteiger partial charge on any atom is 0.228 e. The smallest absolute Gasteiger partial charge is 0.228 e. The monoisotopic (exact) mass is 271 g/mol. The van der Waals surface area contributed by atoms with E-state index in [1.165, 1.54) is 0 Å². The number of sulfone groups is 1. The summed E-state index contributed by atoms with van der Waals surface area (Å²) < 4.78 is 24.4. The Balaban J connectivity index is 1.62. The van der Waals surface area contributed by atoms with E-state index in [2.05, 4.69) is 0 Å². The zero-order valence-electron chi connectivity index (χ0n) is 10.9. The number of likely N-dealkylation sites (tertiary alicyclic amines) is 1. The summed E-state index contributed by atoms with van der Waals surface area (Å²) in [7, 11) is -2.98. The van der Waals surface area contributed by atoms with E-state index in [0.29, 0.717) is 31.2 Å². The maximum absolute atomic E-state index is 12.2. The fraction of sp³-hybridized carbons (Fsp3) is 0.923. The van der Waals surface area contributed by atoms with Crippen LogP contribution in [0.2, 0.25) is 0 Å². The van der Waals surface area contributed by atoms with Crippen LogP contribution in [-0.4, -0.2) is 43.3 Å². The van der Waals surface area contributed by atoms with Gasteiger partial charge >= 0.3 is 0 Å². The summed E-state index contributed by atoms with van der Waals surface area (Å²) in [5.41, 5.74) is -0.171. The largest absolute Gasteiger partial charge is 0.341 e. The third-order valence-corrected chi connectivity index (χ3v) is 6.96. The Hall–Kier alpha value is -0.580. The van der Waals surface area contributed by atoms with Crippen LogP contribution in [0, 0.1) is 11.3 Å². The quantitative estimate of drug-likeness (QED) is 0.772. The van der Waals surface area contributed by atoms with E-state index in [9.17, 15) is 13.2 Å². The Kier molecular flexibility index (Phi) is 2.74. The average molecular weight is 271 g/mol. The lowest BCUT2D eigenvalue weighted by Crippen LogP contribution is -2.36. The molecule has 102 valence electrons. The zero-order chi connectivity index (χ0) is 13.0. The minimum absolute atomic E-state index is 0.171. The maximum atomic E-state index is 12.2. The van der Waals surface area contributed by atoms with E-state index >= 15 is 0 Å². The zero-order valence-corrected chi connectivity index (χ0v) is 11.7. The SMILES string of the molecule is CC1(C(=O)N2CC[C@@H](S(=O)(=O)CC3CC3)C2)CC1. The molecule has 1 atom stereocenters. The summed E-state index contributed by atoms with van der Waals surface area (Å²) in [5.74, 6) is 0.920. The first-order valence-electron chi connectivity index (χ1n) is 6.92. The second-order valence-corrected chi connectivity index (χ2v) is 8.82. The summed E-state index contributed by atoms with van der Waals surface area (Å²) in [5, 5.41) is -0.301. The van der Waals surface area contributed by atoms with Crippen LogP contribution < -0.4 is 0 Å². The predicted molar refractivity (Wildman–Crippen MR) is 68.8 cm³/mol. The molecule has 2 aliphatic carbocycles. The van der Waals surface area contributed by atoms with Gasteiger partial charge in [-0.2, -0.15) is 0 Å². The van der Waals surface area contributed by atoms with Crippen LogP contribution in [-0.2, 0) is 14.6 Å². The van der Waals surface area contributed by atoms with Crippen molar-refractivity contribution in [2.75, 3.05) is 18.8 Å². The van der Waals surface area contributed by atoms with Gasteiger partial charge < -0.3 is 4.90 Å². The van der Waals surface area contributed by atoms with Crippen molar-refractivity contribution in [1.82, 2.24) is 4.90 Å². The van der Waals surface area contributed by atoms with Gasteiger partial charge in [-0.15, -0.1) is 0 Å². The molecule has 0 N–H and O–H groups in total. The highest BCUT2D eigenvalue weighted by molar-refractivity contribution is 7.92. The molecule has 4 nitrogen and oxygen atoms in total. The number of carbonyl (C=O) groups excluding carboxylic acids is 1. The van der Waals surface area contributed by atoms with Crippen molar-refractivity contribution in [2.45, 2.75) is 44.3 Å². The molecule has 1 amide bonds. The van der Waals surface area contributed by atoms with E-state index in [-0.39, 0.29) is 16.6 Å². The molecular formula is C13H21NO3S. The molecular weight excluding hydrogens is 250 g/mol. The van der Waals surface area contributed by atoms with Crippen molar-refractivity contribution in [3.8, 4) is 0 Å². The lowest BCUT2D eigenvalue weighted by Gasteiger charge is -2.20. The van der Waals surface area contributed by atoms with Gasteiger partial charge in [0.15, 0.2) is 9.84 Å². The lowest BCUT2D eigenvalue weighted by atomic mass is 10.1. The summed E-state index contributed by atoms with van der Waals surface area (Å²) >= 11 is 0. The van der Waals surface area contributed by atoms with Crippen LogP contribution in [0.25, 0.3) is 0 Å². The second kappa shape index (κ2) is 3.95. The number of rotatable bonds is 4. The first-order chi connectivity index (χ1) is 8.41. The Morgan fingerprint density at radius 1 is 1.28 bits per heavy atom. The number of hydrogen-bond donors (Lipinski definition) is 0. The van der Waals surface area contributed by atoms with Crippen LogP contribution in [0.1, 0.15) is 39.0 Å². The number of nitrogens with zero attached hydrogens (tertiary/aromatic N) is 1. The van der Waals surface area contributed by atoms with E-state index in [0.717, 1.165) is 25.7 Å². The average Bonchev–Trinajstić information content (AvgIpc) is 3.20. The van der Waals surface area contributed by atoms with E-state index in [4.69, 9.17) is 0 Å². The summed E-state index contributed by atoms with van der Waals surface area (Å²) in [6.07, 6.45) is 4.68. The molecule has 0 spiro atoms. The molecule has 0 unspecified atom stereocenters. The van der Waals surface area contributed by atoms with Crippen LogP contribution in [0.4, 0.5) is 0 Å². The Morgan fingerprint density at radius 3 is 2.50 bits per heavy atom. The molecule has 18 heavy (non-hydrogen) atoms. The van der Waals surface area contributed by atoms with Crippen molar-refractivity contribution in [3.05, 3.63) is 0 Å². The third kappa shape index (κ3) is 2.29. The molecule has 1 saturated heterocycles. The normalized spacial score (nSPS) is 30.5. The minimum Gasteiger partial charge on any atom is -0.341 e. The molecule has 3 rings (SSSR count). The molecule has 2 saturated carbocycles. The van der Waals surface area contributed by atoms with E-state index < -0.39 is 9.84 Å². The van der Waals surface area contributed by atoms with Gasteiger partial charge in [0.2, 0.25) is 5.91 Å². The van der Waals surface area contributed by atoms with Gasteiger partial charge in [0.05, 0.1) is 11.0 Å². The van der Waals surface area contributed by atoms with Gasteiger partial charge in [-0.05, 0) is 38.0 Å².